The van der Waals surface area contributed by atoms with E-state index in [4.69, 9.17) is 21.1 Å². The van der Waals surface area contributed by atoms with Gasteiger partial charge in [-0.05, 0) is 52.7 Å². The van der Waals surface area contributed by atoms with Crippen molar-refractivity contribution in [2.24, 2.45) is 0 Å². The molecule has 0 saturated carbocycles. The topological polar surface area (TPSA) is 18.5 Å². The molecule has 2 aromatic rings. The molecule has 1 unspecified atom stereocenters. The first-order valence-electron chi connectivity index (χ1n) is 5.93. The Kier molecular flexibility index (Phi) is 2.99. The molecule has 4 heteroatoms. The van der Waals surface area contributed by atoms with Crippen molar-refractivity contribution < 1.29 is 9.47 Å². The van der Waals surface area contributed by atoms with Gasteiger partial charge < -0.3 is 9.47 Å². The van der Waals surface area contributed by atoms with E-state index in [-0.39, 0.29) is 0 Å². The molecule has 0 saturated heterocycles. The molecule has 0 radical (unpaired) electrons. The molecule has 0 amide bonds. The number of benzene rings is 2. The van der Waals surface area contributed by atoms with Crippen LogP contribution in [0.4, 0.5) is 0 Å². The van der Waals surface area contributed by atoms with Crippen molar-refractivity contribution in [3.63, 3.8) is 0 Å². The van der Waals surface area contributed by atoms with Gasteiger partial charge in [-0.3, -0.25) is 0 Å². The maximum atomic E-state index is 6.31. The summed E-state index contributed by atoms with van der Waals surface area (Å²) >= 11 is 9.77. The monoisotopic (exact) mass is 338 g/mol. The van der Waals surface area contributed by atoms with Gasteiger partial charge in [0.1, 0.15) is 0 Å². The lowest BCUT2D eigenvalue weighted by Gasteiger charge is -2.24. The number of aryl methyl sites for hydroxylation is 1. The number of ether oxygens (including phenoxy) is 2. The molecule has 0 bridgehead atoms. The van der Waals surface area contributed by atoms with E-state index in [1.807, 2.05) is 50.2 Å². The van der Waals surface area contributed by atoms with Crippen LogP contribution in [-0.4, -0.2) is 0 Å². The Morgan fingerprint density at radius 1 is 1.16 bits per heavy atom. The van der Waals surface area contributed by atoms with Crippen molar-refractivity contribution in [3.05, 3.63) is 57.0 Å². The Morgan fingerprint density at radius 3 is 2.63 bits per heavy atom. The molecule has 0 spiro atoms. The van der Waals surface area contributed by atoms with Crippen molar-refractivity contribution in [2.45, 2.75) is 19.6 Å². The maximum Gasteiger partial charge on any atom is 0.277 e. The van der Waals surface area contributed by atoms with Crippen LogP contribution in [-0.2, 0) is 5.79 Å². The second kappa shape index (κ2) is 4.43. The molecule has 19 heavy (non-hydrogen) atoms. The summed E-state index contributed by atoms with van der Waals surface area (Å²) in [4.78, 5) is 0. The Hall–Kier alpha value is -1.19. The standard InChI is InChI=1S/C15H12BrClO2/c1-9-6-7-10(12(17)8-9)15(2)18-13-5-3-4-11(16)14(13)19-15/h3-8H,1-2H3. The average Bonchev–Trinajstić information content (AvgIpc) is 2.68. The highest BCUT2D eigenvalue weighted by Crippen LogP contribution is 2.48. The molecule has 0 aromatic heterocycles. The van der Waals surface area contributed by atoms with E-state index in [9.17, 15) is 0 Å². The van der Waals surface area contributed by atoms with Crippen LogP contribution in [0.15, 0.2) is 40.9 Å². The normalized spacial score (nSPS) is 20.6. The third-order valence-corrected chi connectivity index (χ3v) is 4.08. The number of para-hydroxylation sites is 1. The largest absolute Gasteiger partial charge is 0.444 e. The second-order valence-electron chi connectivity index (χ2n) is 4.70. The number of rotatable bonds is 1. The molecule has 0 aliphatic carbocycles. The van der Waals surface area contributed by atoms with Crippen LogP contribution < -0.4 is 9.47 Å². The van der Waals surface area contributed by atoms with Gasteiger partial charge >= 0.3 is 0 Å². The van der Waals surface area contributed by atoms with Crippen LogP contribution in [0.25, 0.3) is 0 Å². The Balaban J connectivity index is 2.06. The molecule has 1 aliphatic heterocycles. The molecule has 1 heterocycles. The minimum Gasteiger partial charge on any atom is -0.444 e. The first-order valence-corrected chi connectivity index (χ1v) is 7.10. The maximum absolute atomic E-state index is 6.31. The predicted molar refractivity (Wildman–Crippen MR) is 78.9 cm³/mol. The van der Waals surface area contributed by atoms with Gasteiger partial charge in [0.2, 0.25) is 0 Å². The van der Waals surface area contributed by atoms with E-state index in [0.29, 0.717) is 16.5 Å². The summed E-state index contributed by atoms with van der Waals surface area (Å²) < 4.78 is 12.8. The molecule has 0 fully saturated rings. The van der Waals surface area contributed by atoms with Gasteiger partial charge in [-0.15, -0.1) is 0 Å². The number of fused-ring (bicyclic) bond motifs is 1. The van der Waals surface area contributed by atoms with Crippen molar-refractivity contribution in [2.75, 3.05) is 0 Å². The molecular weight excluding hydrogens is 328 g/mol. The highest BCUT2D eigenvalue weighted by Gasteiger charge is 2.41. The predicted octanol–water partition coefficient (Wildman–Crippen LogP) is 5.06. The minimum absolute atomic E-state index is 0.645. The summed E-state index contributed by atoms with van der Waals surface area (Å²) in [6.07, 6.45) is 0. The fourth-order valence-corrected chi connectivity index (χ4v) is 3.03. The summed E-state index contributed by atoms with van der Waals surface area (Å²) in [6, 6.07) is 11.6. The number of halogens is 2. The fourth-order valence-electron chi connectivity index (χ4n) is 2.19. The number of hydrogen-bond acceptors (Lipinski definition) is 2. The van der Waals surface area contributed by atoms with Crippen molar-refractivity contribution in [1.29, 1.82) is 0 Å². The third-order valence-electron chi connectivity index (χ3n) is 3.15. The SMILES string of the molecule is Cc1ccc(C2(C)Oc3cccc(Br)c3O2)c(Cl)c1. The zero-order valence-electron chi connectivity index (χ0n) is 10.5. The number of hydrogen-bond donors (Lipinski definition) is 0. The third kappa shape index (κ3) is 2.11. The molecule has 1 atom stereocenters. The summed E-state index contributed by atoms with van der Waals surface area (Å²) in [5.74, 6) is 0.534. The van der Waals surface area contributed by atoms with E-state index in [0.717, 1.165) is 15.6 Å². The van der Waals surface area contributed by atoms with Crippen LogP contribution >= 0.6 is 27.5 Å². The van der Waals surface area contributed by atoms with Crippen molar-refractivity contribution >= 4 is 27.5 Å². The van der Waals surface area contributed by atoms with Crippen LogP contribution in [0.2, 0.25) is 5.02 Å². The van der Waals surface area contributed by atoms with E-state index in [1.54, 1.807) is 0 Å². The van der Waals surface area contributed by atoms with Crippen LogP contribution in [0, 0.1) is 6.92 Å². The first-order chi connectivity index (χ1) is 8.99. The van der Waals surface area contributed by atoms with Gasteiger partial charge in [-0.2, -0.15) is 0 Å². The van der Waals surface area contributed by atoms with Crippen LogP contribution in [0.1, 0.15) is 18.1 Å². The Bertz CT molecular complexity index is 657. The fraction of sp³-hybridized carbons (Fsp3) is 0.200. The van der Waals surface area contributed by atoms with Gasteiger partial charge in [0.15, 0.2) is 11.5 Å². The second-order valence-corrected chi connectivity index (χ2v) is 5.96. The Morgan fingerprint density at radius 2 is 1.95 bits per heavy atom. The van der Waals surface area contributed by atoms with E-state index >= 15 is 0 Å². The average molecular weight is 340 g/mol. The minimum atomic E-state index is -0.892. The molecule has 1 aliphatic rings. The zero-order chi connectivity index (χ0) is 13.6. The zero-order valence-corrected chi connectivity index (χ0v) is 12.9. The van der Waals surface area contributed by atoms with Crippen molar-refractivity contribution in [3.8, 4) is 11.5 Å². The quantitative estimate of drug-likeness (QED) is 0.723. The molecule has 2 nitrogen and oxygen atoms in total. The lowest BCUT2D eigenvalue weighted by atomic mass is 10.1. The summed E-state index contributed by atoms with van der Waals surface area (Å²) in [7, 11) is 0. The van der Waals surface area contributed by atoms with Gasteiger partial charge in [-0.25, -0.2) is 0 Å². The highest BCUT2D eigenvalue weighted by molar-refractivity contribution is 9.10. The molecule has 98 valence electrons. The smallest absolute Gasteiger partial charge is 0.277 e. The van der Waals surface area contributed by atoms with Gasteiger partial charge in [0.25, 0.3) is 5.79 Å². The van der Waals surface area contributed by atoms with Crippen LogP contribution in [0.5, 0.6) is 11.5 Å². The van der Waals surface area contributed by atoms with E-state index in [2.05, 4.69) is 15.9 Å². The molecule has 0 N–H and O–H groups in total. The Labute approximate surface area is 125 Å². The summed E-state index contributed by atoms with van der Waals surface area (Å²) in [5.41, 5.74) is 1.93. The lowest BCUT2D eigenvalue weighted by Crippen LogP contribution is -2.31. The van der Waals surface area contributed by atoms with E-state index in [1.165, 1.54) is 0 Å². The van der Waals surface area contributed by atoms with Gasteiger partial charge in [0, 0.05) is 6.92 Å². The van der Waals surface area contributed by atoms with Gasteiger partial charge in [-0.1, -0.05) is 23.7 Å². The van der Waals surface area contributed by atoms with Crippen molar-refractivity contribution in [1.82, 2.24) is 0 Å². The highest BCUT2D eigenvalue weighted by atomic mass is 79.9. The first kappa shape index (κ1) is 12.8. The summed E-state index contributed by atoms with van der Waals surface area (Å²) in [5, 5.41) is 0.645. The van der Waals surface area contributed by atoms with Crippen LogP contribution in [0.3, 0.4) is 0 Å². The molecule has 3 rings (SSSR count). The van der Waals surface area contributed by atoms with E-state index < -0.39 is 5.79 Å². The summed E-state index contributed by atoms with van der Waals surface area (Å²) in [6.45, 7) is 3.87. The van der Waals surface area contributed by atoms with Gasteiger partial charge in [0.05, 0.1) is 15.1 Å². The molecule has 2 aromatic carbocycles. The molecular formula is C15H12BrClO2. The lowest BCUT2D eigenvalue weighted by molar-refractivity contribution is -0.0682.